The second-order valence-corrected chi connectivity index (χ2v) is 5.19. The Kier molecular flexibility index (Phi) is 6.20. The van der Waals surface area contributed by atoms with Crippen molar-refractivity contribution in [2.75, 3.05) is 13.2 Å². The van der Waals surface area contributed by atoms with Gasteiger partial charge in [-0.05, 0) is 38.0 Å². The number of terminal acetylenes is 1. The highest BCUT2D eigenvalue weighted by Gasteiger charge is 2.14. The van der Waals surface area contributed by atoms with Crippen molar-refractivity contribution in [2.45, 2.75) is 26.3 Å². The van der Waals surface area contributed by atoms with E-state index in [9.17, 15) is 4.79 Å². The van der Waals surface area contributed by atoms with Crippen LogP contribution in [0.15, 0.2) is 28.8 Å². The minimum atomic E-state index is -0.348. The first-order valence-corrected chi connectivity index (χ1v) is 7.58. The van der Waals surface area contributed by atoms with Gasteiger partial charge in [-0.25, -0.2) is 4.79 Å². The number of amides is 2. The standard InChI is InChI=1S/C17H20N4O3/c1-4-11-23-15-7-5-14(6-8-15)9-10-18-17(22)19-12(2)16-20-13(3)21-24-16/h1,5-8,12H,9-11H2,2-3H3,(H2,18,19,22). The number of nitrogens with one attached hydrogen (secondary N) is 2. The maximum absolute atomic E-state index is 11.8. The van der Waals surface area contributed by atoms with E-state index in [0.717, 1.165) is 11.3 Å². The number of carbonyl (C=O) groups excluding carboxylic acids is 1. The molecule has 1 heterocycles. The molecule has 0 spiro atoms. The maximum atomic E-state index is 11.8. The van der Waals surface area contributed by atoms with Gasteiger partial charge in [0.05, 0.1) is 0 Å². The number of hydrogen-bond donors (Lipinski definition) is 2. The summed E-state index contributed by atoms with van der Waals surface area (Å²) in [5.41, 5.74) is 1.09. The van der Waals surface area contributed by atoms with Crippen LogP contribution < -0.4 is 15.4 Å². The lowest BCUT2D eigenvalue weighted by atomic mass is 10.1. The Morgan fingerprint density at radius 3 is 2.79 bits per heavy atom. The molecule has 0 radical (unpaired) electrons. The Morgan fingerprint density at radius 2 is 2.17 bits per heavy atom. The van der Waals surface area contributed by atoms with E-state index in [0.29, 0.717) is 24.7 Å². The molecule has 1 unspecified atom stereocenters. The summed E-state index contributed by atoms with van der Waals surface area (Å²) in [6.07, 6.45) is 5.84. The molecule has 0 fully saturated rings. The fourth-order valence-corrected chi connectivity index (χ4v) is 2.00. The third-order valence-electron chi connectivity index (χ3n) is 3.21. The maximum Gasteiger partial charge on any atom is 0.315 e. The Labute approximate surface area is 140 Å². The molecule has 2 rings (SSSR count). The van der Waals surface area contributed by atoms with Crippen LogP contribution in [0.1, 0.15) is 30.2 Å². The summed E-state index contributed by atoms with van der Waals surface area (Å²) in [4.78, 5) is 15.9. The lowest BCUT2D eigenvalue weighted by Crippen LogP contribution is -2.38. The summed E-state index contributed by atoms with van der Waals surface area (Å²) in [6.45, 7) is 4.26. The highest BCUT2D eigenvalue weighted by Crippen LogP contribution is 2.12. The Morgan fingerprint density at radius 1 is 1.42 bits per heavy atom. The van der Waals surface area contributed by atoms with Gasteiger partial charge >= 0.3 is 6.03 Å². The number of benzene rings is 1. The van der Waals surface area contributed by atoms with Crippen LogP contribution in [-0.2, 0) is 6.42 Å². The topological polar surface area (TPSA) is 89.3 Å². The van der Waals surface area contributed by atoms with Crippen molar-refractivity contribution in [1.29, 1.82) is 0 Å². The number of rotatable bonds is 7. The van der Waals surface area contributed by atoms with Crippen molar-refractivity contribution >= 4 is 6.03 Å². The summed E-state index contributed by atoms with van der Waals surface area (Å²) in [6, 6.07) is 6.95. The third kappa shape index (κ3) is 5.32. The van der Waals surface area contributed by atoms with Gasteiger partial charge in [-0.2, -0.15) is 4.98 Å². The zero-order valence-corrected chi connectivity index (χ0v) is 13.7. The molecule has 0 saturated heterocycles. The molecular formula is C17H20N4O3. The first-order valence-electron chi connectivity index (χ1n) is 7.58. The van der Waals surface area contributed by atoms with Crippen LogP contribution in [0.2, 0.25) is 0 Å². The average molecular weight is 328 g/mol. The minimum absolute atomic E-state index is 0.249. The molecule has 7 heteroatoms. The Balaban J connectivity index is 1.71. The van der Waals surface area contributed by atoms with E-state index in [4.69, 9.17) is 15.7 Å². The van der Waals surface area contributed by atoms with Gasteiger partial charge in [0.2, 0.25) is 5.89 Å². The van der Waals surface area contributed by atoms with E-state index in [1.54, 1.807) is 13.8 Å². The monoisotopic (exact) mass is 328 g/mol. The second kappa shape index (κ2) is 8.58. The zero-order chi connectivity index (χ0) is 17.4. The van der Waals surface area contributed by atoms with Gasteiger partial charge in [0.15, 0.2) is 5.82 Å². The molecule has 0 saturated carbocycles. The Hall–Kier alpha value is -3.01. The van der Waals surface area contributed by atoms with Gasteiger partial charge in [0, 0.05) is 6.54 Å². The minimum Gasteiger partial charge on any atom is -0.481 e. The van der Waals surface area contributed by atoms with E-state index in [2.05, 4.69) is 26.7 Å². The number of nitrogens with zero attached hydrogens (tertiary/aromatic N) is 2. The van der Waals surface area contributed by atoms with Crippen LogP contribution in [0.3, 0.4) is 0 Å². The summed E-state index contributed by atoms with van der Waals surface area (Å²) >= 11 is 0. The molecule has 0 aliphatic carbocycles. The van der Waals surface area contributed by atoms with E-state index in [-0.39, 0.29) is 18.7 Å². The Bertz CT molecular complexity index is 703. The molecule has 2 N–H and O–H groups in total. The number of aromatic nitrogens is 2. The van der Waals surface area contributed by atoms with Gasteiger partial charge in [0.25, 0.3) is 0 Å². The van der Waals surface area contributed by atoms with Crippen molar-refractivity contribution in [3.63, 3.8) is 0 Å². The number of ether oxygens (including phenoxy) is 1. The van der Waals surface area contributed by atoms with Crippen molar-refractivity contribution < 1.29 is 14.1 Å². The van der Waals surface area contributed by atoms with Crippen LogP contribution in [0, 0.1) is 19.3 Å². The van der Waals surface area contributed by atoms with E-state index >= 15 is 0 Å². The number of aryl methyl sites for hydroxylation is 1. The quantitative estimate of drug-likeness (QED) is 0.759. The molecule has 0 aliphatic heterocycles. The van der Waals surface area contributed by atoms with E-state index in [1.807, 2.05) is 24.3 Å². The lowest BCUT2D eigenvalue weighted by Gasteiger charge is -2.11. The summed E-state index contributed by atoms with van der Waals surface area (Å²) in [5, 5.41) is 9.23. The van der Waals surface area contributed by atoms with Crippen molar-refractivity contribution in [3.8, 4) is 18.1 Å². The van der Waals surface area contributed by atoms with Crippen molar-refractivity contribution in [3.05, 3.63) is 41.5 Å². The van der Waals surface area contributed by atoms with Crippen molar-refractivity contribution in [2.24, 2.45) is 0 Å². The van der Waals surface area contributed by atoms with Gasteiger partial charge in [0.1, 0.15) is 18.4 Å². The molecule has 0 bridgehead atoms. The molecular weight excluding hydrogens is 308 g/mol. The molecule has 126 valence electrons. The van der Waals surface area contributed by atoms with Crippen LogP contribution >= 0.6 is 0 Å². The normalized spacial score (nSPS) is 11.4. The lowest BCUT2D eigenvalue weighted by molar-refractivity contribution is 0.234. The van der Waals surface area contributed by atoms with Crippen molar-refractivity contribution in [1.82, 2.24) is 20.8 Å². The summed E-state index contributed by atoms with van der Waals surface area (Å²) in [7, 11) is 0. The molecule has 1 aromatic heterocycles. The van der Waals surface area contributed by atoms with E-state index in [1.165, 1.54) is 0 Å². The highest BCUT2D eigenvalue weighted by molar-refractivity contribution is 5.74. The fraction of sp³-hybridized carbons (Fsp3) is 0.353. The predicted octanol–water partition coefficient (Wildman–Crippen LogP) is 1.99. The molecule has 1 atom stereocenters. The van der Waals surface area contributed by atoms with Gasteiger partial charge in [-0.15, -0.1) is 6.42 Å². The predicted molar refractivity (Wildman–Crippen MR) is 88.5 cm³/mol. The SMILES string of the molecule is C#CCOc1ccc(CCNC(=O)NC(C)c2nc(C)no2)cc1. The van der Waals surface area contributed by atoms with Crippen LogP contribution in [0.25, 0.3) is 0 Å². The fourth-order valence-electron chi connectivity index (χ4n) is 2.00. The summed E-state index contributed by atoms with van der Waals surface area (Å²) < 4.78 is 10.3. The second-order valence-electron chi connectivity index (χ2n) is 5.19. The summed E-state index contributed by atoms with van der Waals surface area (Å²) in [5.74, 6) is 4.06. The van der Waals surface area contributed by atoms with Gasteiger partial charge in [-0.1, -0.05) is 23.2 Å². The number of urea groups is 1. The first-order chi connectivity index (χ1) is 11.6. The molecule has 2 amide bonds. The molecule has 24 heavy (non-hydrogen) atoms. The van der Waals surface area contributed by atoms with E-state index < -0.39 is 0 Å². The van der Waals surface area contributed by atoms with Crippen LogP contribution in [-0.4, -0.2) is 29.3 Å². The molecule has 2 aromatic rings. The zero-order valence-electron chi connectivity index (χ0n) is 13.7. The smallest absolute Gasteiger partial charge is 0.315 e. The number of carbonyl (C=O) groups is 1. The van der Waals surface area contributed by atoms with Gasteiger partial charge < -0.3 is 19.9 Å². The average Bonchev–Trinajstić information content (AvgIpc) is 3.01. The van der Waals surface area contributed by atoms with Crippen LogP contribution in [0.5, 0.6) is 5.75 Å². The van der Waals surface area contributed by atoms with Crippen LogP contribution in [0.4, 0.5) is 4.79 Å². The molecule has 0 aliphatic rings. The largest absolute Gasteiger partial charge is 0.481 e. The van der Waals surface area contributed by atoms with Gasteiger partial charge in [-0.3, -0.25) is 0 Å². The third-order valence-corrected chi connectivity index (χ3v) is 3.21. The number of hydrogen-bond acceptors (Lipinski definition) is 5. The highest BCUT2D eigenvalue weighted by atomic mass is 16.5. The first kappa shape index (κ1) is 17.3. The molecule has 1 aromatic carbocycles. The molecule has 7 nitrogen and oxygen atoms in total.